The van der Waals surface area contributed by atoms with Gasteiger partial charge in [-0.05, 0) is 72.6 Å². The lowest BCUT2D eigenvalue weighted by atomic mass is 9.98. The van der Waals surface area contributed by atoms with Gasteiger partial charge in [0.15, 0.2) is 0 Å². The van der Waals surface area contributed by atoms with Crippen molar-refractivity contribution in [3.05, 3.63) is 27.3 Å². The SMILES string of the molecule is O=C(NCC1CCNCC1)c1ccc(I)c(O)c1. The number of hydrogen-bond acceptors (Lipinski definition) is 3. The number of phenolic OH excluding ortho intramolecular Hbond substituents is 1. The minimum absolute atomic E-state index is 0.111. The van der Waals surface area contributed by atoms with Crippen LogP contribution in [0.1, 0.15) is 23.2 Å². The van der Waals surface area contributed by atoms with Crippen molar-refractivity contribution in [3.63, 3.8) is 0 Å². The number of rotatable bonds is 3. The topological polar surface area (TPSA) is 61.4 Å². The number of aromatic hydroxyl groups is 1. The van der Waals surface area contributed by atoms with E-state index in [1.54, 1.807) is 12.1 Å². The average Bonchev–Trinajstić information content (AvgIpc) is 2.40. The van der Waals surface area contributed by atoms with Crippen molar-refractivity contribution in [2.24, 2.45) is 5.92 Å². The van der Waals surface area contributed by atoms with Crippen molar-refractivity contribution < 1.29 is 9.90 Å². The normalized spacial score (nSPS) is 16.5. The predicted octanol–water partition coefficient (Wildman–Crippen LogP) is 1.73. The number of piperidine rings is 1. The van der Waals surface area contributed by atoms with E-state index in [0.717, 1.165) is 29.5 Å². The summed E-state index contributed by atoms with van der Waals surface area (Å²) in [6, 6.07) is 4.99. The van der Waals surface area contributed by atoms with Crippen LogP contribution in [0.15, 0.2) is 18.2 Å². The number of hydrogen-bond donors (Lipinski definition) is 3. The van der Waals surface area contributed by atoms with Crippen LogP contribution in [0.3, 0.4) is 0 Å². The molecule has 98 valence electrons. The van der Waals surface area contributed by atoms with E-state index in [1.165, 1.54) is 6.07 Å². The third-order valence-electron chi connectivity index (χ3n) is 3.22. The van der Waals surface area contributed by atoms with Crippen LogP contribution in [-0.4, -0.2) is 30.6 Å². The van der Waals surface area contributed by atoms with Gasteiger partial charge in [-0.25, -0.2) is 0 Å². The van der Waals surface area contributed by atoms with Gasteiger partial charge in [-0.15, -0.1) is 0 Å². The fraction of sp³-hybridized carbons (Fsp3) is 0.462. The van der Waals surface area contributed by atoms with Gasteiger partial charge in [-0.2, -0.15) is 0 Å². The smallest absolute Gasteiger partial charge is 0.251 e. The van der Waals surface area contributed by atoms with Crippen LogP contribution in [0, 0.1) is 9.49 Å². The maximum atomic E-state index is 11.9. The van der Waals surface area contributed by atoms with Crippen LogP contribution in [0.2, 0.25) is 0 Å². The Morgan fingerprint density at radius 1 is 1.44 bits per heavy atom. The summed E-state index contributed by atoms with van der Waals surface area (Å²) in [6.45, 7) is 2.78. The maximum absolute atomic E-state index is 11.9. The lowest BCUT2D eigenvalue weighted by molar-refractivity contribution is 0.0944. The summed E-state index contributed by atoms with van der Waals surface area (Å²) in [5.41, 5.74) is 0.516. The highest BCUT2D eigenvalue weighted by Crippen LogP contribution is 2.20. The summed E-state index contributed by atoms with van der Waals surface area (Å²) in [5, 5.41) is 15.8. The first-order chi connectivity index (χ1) is 8.66. The van der Waals surface area contributed by atoms with Gasteiger partial charge in [0.1, 0.15) is 5.75 Å². The Bertz CT molecular complexity index is 431. The molecule has 0 aliphatic carbocycles. The second kappa shape index (κ2) is 6.38. The van der Waals surface area contributed by atoms with Crippen LogP contribution in [0.5, 0.6) is 5.75 Å². The van der Waals surface area contributed by atoms with Gasteiger partial charge in [0, 0.05) is 12.1 Å². The molecule has 3 N–H and O–H groups in total. The van der Waals surface area contributed by atoms with E-state index in [1.807, 2.05) is 22.6 Å². The monoisotopic (exact) mass is 360 g/mol. The highest BCUT2D eigenvalue weighted by Gasteiger charge is 2.15. The zero-order chi connectivity index (χ0) is 13.0. The third kappa shape index (κ3) is 3.58. The molecule has 0 spiro atoms. The van der Waals surface area contributed by atoms with Crippen LogP contribution in [0.4, 0.5) is 0 Å². The molecule has 1 heterocycles. The number of carbonyl (C=O) groups is 1. The standard InChI is InChI=1S/C13H17IN2O2/c14-11-2-1-10(7-12(11)17)13(18)16-8-9-3-5-15-6-4-9/h1-2,7,9,15,17H,3-6,8H2,(H,16,18). The van der Waals surface area contributed by atoms with Gasteiger partial charge in [-0.3, -0.25) is 4.79 Å². The Labute approximate surface area is 120 Å². The number of carbonyl (C=O) groups excluding carboxylic acids is 1. The summed E-state index contributed by atoms with van der Waals surface area (Å²) in [7, 11) is 0. The molecule has 1 aromatic carbocycles. The van der Waals surface area contributed by atoms with Crippen LogP contribution >= 0.6 is 22.6 Å². The van der Waals surface area contributed by atoms with Crippen LogP contribution < -0.4 is 10.6 Å². The van der Waals surface area contributed by atoms with Gasteiger partial charge >= 0.3 is 0 Å². The molecule has 5 heteroatoms. The second-order valence-corrected chi connectivity index (χ2v) is 5.73. The number of halogens is 1. The summed E-state index contributed by atoms with van der Waals surface area (Å²) >= 11 is 2.03. The highest BCUT2D eigenvalue weighted by molar-refractivity contribution is 14.1. The molecule has 1 aliphatic rings. The first kappa shape index (κ1) is 13.6. The Balaban J connectivity index is 1.88. The second-order valence-electron chi connectivity index (χ2n) is 4.57. The number of phenols is 1. The molecular weight excluding hydrogens is 343 g/mol. The van der Waals surface area contributed by atoms with Gasteiger partial charge in [0.25, 0.3) is 5.91 Å². The largest absolute Gasteiger partial charge is 0.507 e. The summed E-state index contributed by atoms with van der Waals surface area (Å²) in [4.78, 5) is 11.9. The lowest BCUT2D eigenvalue weighted by Crippen LogP contribution is -2.35. The fourth-order valence-corrected chi connectivity index (χ4v) is 2.41. The first-order valence-electron chi connectivity index (χ1n) is 6.14. The Morgan fingerprint density at radius 3 is 2.83 bits per heavy atom. The van der Waals surface area contributed by atoms with E-state index in [2.05, 4.69) is 10.6 Å². The number of nitrogens with one attached hydrogen (secondary N) is 2. The molecule has 2 rings (SSSR count). The zero-order valence-corrected chi connectivity index (χ0v) is 12.2. The van der Waals surface area contributed by atoms with Crippen molar-refractivity contribution in [2.45, 2.75) is 12.8 Å². The van der Waals surface area contributed by atoms with Crippen molar-refractivity contribution in [2.75, 3.05) is 19.6 Å². The minimum atomic E-state index is -0.111. The van der Waals surface area contributed by atoms with E-state index in [9.17, 15) is 9.90 Å². The minimum Gasteiger partial charge on any atom is -0.507 e. The van der Waals surface area contributed by atoms with Gasteiger partial charge in [0.2, 0.25) is 0 Å². The van der Waals surface area contributed by atoms with Crippen LogP contribution in [0.25, 0.3) is 0 Å². The lowest BCUT2D eigenvalue weighted by Gasteiger charge is -2.22. The molecule has 1 amide bonds. The maximum Gasteiger partial charge on any atom is 0.251 e. The first-order valence-corrected chi connectivity index (χ1v) is 7.22. The molecule has 0 unspecified atom stereocenters. The number of benzene rings is 1. The van der Waals surface area contributed by atoms with Gasteiger partial charge in [0.05, 0.1) is 3.57 Å². The number of amides is 1. The van der Waals surface area contributed by atoms with E-state index in [-0.39, 0.29) is 11.7 Å². The van der Waals surface area contributed by atoms with Crippen molar-refractivity contribution in [1.82, 2.24) is 10.6 Å². The molecule has 1 saturated heterocycles. The molecule has 1 aromatic rings. The van der Waals surface area contributed by atoms with Crippen molar-refractivity contribution in [3.8, 4) is 5.75 Å². The molecule has 1 aliphatic heterocycles. The van der Waals surface area contributed by atoms with Crippen LogP contribution in [-0.2, 0) is 0 Å². The molecule has 0 aromatic heterocycles. The Kier molecular flexibility index (Phi) is 4.82. The van der Waals surface area contributed by atoms with E-state index < -0.39 is 0 Å². The fourth-order valence-electron chi connectivity index (χ4n) is 2.08. The van der Waals surface area contributed by atoms with E-state index >= 15 is 0 Å². The third-order valence-corrected chi connectivity index (χ3v) is 4.13. The van der Waals surface area contributed by atoms with Crippen molar-refractivity contribution >= 4 is 28.5 Å². The average molecular weight is 360 g/mol. The van der Waals surface area contributed by atoms with Gasteiger partial charge < -0.3 is 15.7 Å². The van der Waals surface area contributed by atoms with Crippen molar-refractivity contribution in [1.29, 1.82) is 0 Å². The predicted molar refractivity (Wildman–Crippen MR) is 78.8 cm³/mol. The molecule has 0 saturated carbocycles. The quantitative estimate of drug-likeness (QED) is 0.720. The molecule has 0 bridgehead atoms. The molecule has 0 radical (unpaired) electrons. The molecular formula is C13H17IN2O2. The summed E-state index contributed by atoms with van der Waals surface area (Å²) in [5.74, 6) is 0.609. The molecule has 1 fully saturated rings. The zero-order valence-electron chi connectivity index (χ0n) is 10.1. The van der Waals surface area contributed by atoms with E-state index in [0.29, 0.717) is 18.0 Å². The van der Waals surface area contributed by atoms with Gasteiger partial charge in [-0.1, -0.05) is 0 Å². The Morgan fingerprint density at radius 2 is 2.17 bits per heavy atom. The molecule has 4 nitrogen and oxygen atoms in total. The summed E-state index contributed by atoms with van der Waals surface area (Å²) in [6.07, 6.45) is 2.22. The molecule has 18 heavy (non-hydrogen) atoms. The highest BCUT2D eigenvalue weighted by atomic mass is 127. The van der Waals surface area contributed by atoms with E-state index in [4.69, 9.17) is 0 Å². The summed E-state index contributed by atoms with van der Waals surface area (Å²) < 4.78 is 0.752. The molecule has 0 atom stereocenters. The Hall–Kier alpha value is -0.820.